The summed E-state index contributed by atoms with van der Waals surface area (Å²) < 4.78 is 13.2. The van der Waals surface area contributed by atoms with Gasteiger partial charge in [0.1, 0.15) is 0 Å². The number of ether oxygens (including phenoxy) is 2. The first-order valence-corrected chi connectivity index (χ1v) is 6.91. The maximum Gasteiger partial charge on any atom is 0.231 e. The van der Waals surface area contributed by atoms with E-state index in [1.54, 1.807) is 0 Å². The van der Waals surface area contributed by atoms with Crippen LogP contribution < -0.4 is 9.47 Å². The molecule has 3 heteroatoms. The fraction of sp³-hybridized carbons (Fsp3) is 0.235. The third-order valence-electron chi connectivity index (χ3n) is 3.98. The summed E-state index contributed by atoms with van der Waals surface area (Å²) >= 11 is 0. The molecule has 2 aliphatic heterocycles. The van der Waals surface area contributed by atoms with Crippen molar-refractivity contribution in [1.29, 1.82) is 0 Å². The van der Waals surface area contributed by atoms with E-state index in [0.29, 0.717) is 6.79 Å². The second-order valence-corrected chi connectivity index (χ2v) is 5.26. The Bertz CT molecular complexity index is 719. The maximum atomic E-state index is 5.47. The molecule has 0 N–H and O–H groups in total. The van der Waals surface area contributed by atoms with Gasteiger partial charge in [-0.05, 0) is 24.6 Å². The third kappa shape index (κ3) is 1.78. The highest BCUT2D eigenvalue weighted by Crippen LogP contribution is 2.35. The van der Waals surface area contributed by atoms with Gasteiger partial charge in [0.15, 0.2) is 24.3 Å². The van der Waals surface area contributed by atoms with Gasteiger partial charge in [0.05, 0.1) is 0 Å². The number of benzene rings is 2. The second kappa shape index (κ2) is 4.37. The largest absolute Gasteiger partial charge is 0.454 e. The van der Waals surface area contributed by atoms with Gasteiger partial charge >= 0.3 is 0 Å². The Morgan fingerprint density at radius 3 is 2.70 bits per heavy atom. The summed E-state index contributed by atoms with van der Waals surface area (Å²) in [5.74, 6) is 1.73. The molecule has 0 atom stereocenters. The van der Waals surface area contributed by atoms with Crippen LogP contribution in [0.15, 0.2) is 36.4 Å². The van der Waals surface area contributed by atoms with Crippen LogP contribution in [0.3, 0.4) is 0 Å². The van der Waals surface area contributed by atoms with Crippen molar-refractivity contribution in [2.45, 2.75) is 13.3 Å². The Labute approximate surface area is 118 Å². The number of fused-ring (bicyclic) bond motifs is 2. The van der Waals surface area contributed by atoms with Gasteiger partial charge in [-0.15, -0.1) is 0 Å². The zero-order chi connectivity index (χ0) is 13.5. The summed E-state index contributed by atoms with van der Waals surface area (Å²) in [5, 5.41) is 0. The van der Waals surface area contributed by atoms with Crippen LogP contribution in [-0.2, 0) is 6.42 Å². The molecule has 4 rings (SSSR count). The van der Waals surface area contributed by atoms with E-state index in [9.17, 15) is 0 Å². The summed E-state index contributed by atoms with van der Waals surface area (Å²) in [4.78, 5) is 0. The summed E-state index contributed by atoms with van der Waals surface area (Å²) in [7, 11) is 0. The number of hydrogen-bond acceptors (Lipinski definition) is 2. The molecule has 3 nitrogen and oxygen atoms in total. The number of rotatable bonds is 1. The highest BCUT2D eigenvalue weighted by atomic mass is 16.7. The van der Waals surface area contributed by atoms with Crippen molar-refractivity contribution in [1.82, 2.24) is 0 Å². The maximum absolute atomic E-state index is 5.47. The summed E-state index contributed by atoms with van der Waals surface area (Å²) in [6.07, 6.45) is 3.24. The molecule has 0 fully saturated rings. The van der Waals surface area contributed by atoms with Crippen LogP contribution in [0.1, 0.15) is 16.7 Å². The standard InChI is InChI=1S/C17H16NO2/c1-12-4-2-3-5-15(12)18-7-6-13-8-16-17(20-11-19-16)9-14(13)10-18/h2-5,8-10H,6-7,11H2,1H3/q+1. The summed E-state index contributed by atoms with van der Waals surface area (Å²) in [5.41, 5.74) is 5.13. The van der Waals surface area contributed by atoms with Gasteiger partial charge < -0.3 is 9.47 Å². The van der Waals surface area contributed by atoms with Crippen LogP contribution in [-0.4, -0.2) is 24.1 Å². The molecular formula is C17H16NO2+. The van der Waals surface area contributed by atoms with Gasteiger partial charge in [0, 0.05) is 23.6 Å². The van der Waals surface area contributed by atoms with Crippen molar-refractivity contribution < 1.29 is 14.0 Å². The Morgan fingerprint density at radius 2 is 1.85 bits per heavy atom. The molecule has 100 valence electrons. The van der Waals surface area contributed by atoms with Crippen molar-refractivity contribution >= 4 is 11.9 Å². The molecule has 0 radical (unpaired) electrons. The fourth-order valence-electron chi connectivity index (χ4n) is 2.89. The van der Waals surface area contributed by atoms with Crippen molar-refractivity contribution in [3.05, 3.63) is 53.1 Å². The van der Waals surface area contributed by atoms with Gasteiger partial charge in [0.2, 0.25) is 12.5 Å². The minimum atomic E-state index is 0.333. The van der Waals surface area contributed by atoms with Crippen LogP contribution in [0.5, 0.6) is 11.5 Å². The quantitative estimate of drug-likeness (QED) is 0.740. The molecule has 2 aromatic carbocycles. The molecular weight excluding hydrogens is 250 g/mol. The molecule has 0 saturated carbocycles. The van der Waals surface area contributed by atoms with Crippen molar-refractivity contribution in [3.8, 4) is 11.5 Å². The molecule has 0 spiro atoms. The Kier molecular flexibility index (Phi) is 2.52. The minimum absolute atomic E-state index is 0.333. The Morgan fingerprint density at radius 1 is 1.05 bits per heavy atom. The Hall–Kier alpha value is -2.29. The third-order valence-corrected chi connectivity index (χ3v) is 3.98. The topological polar surface area (TPSA) is 21.5 Å². The van der Waals surface area contributed by atoms with Crippen LogP contribution in [0, 0.1) is 6.92 Å². The lowest BCUT2D eigenvalue weighted by molar-refractivity contribution is -0.436. The summed E-state index contributed by atoms with van der Waals surface area (Å²) in [6.45, 7) is 3.48. The van der Waals surface area contributed by atoms with E-state index in [1.165, 1.54) is 22.4 Å². The van der Waals surface area contributed by atoms with E-state index >= 15 is 0 Å². The second-order valence-electron chi connectivity index (χ2n) is 5.26. The van der Waals surface area contributed by atoms with E-state index in [0.717, 1.165) is 24.5 Å². The number of para-hydroxylation sites is 1. The van der Waals surface area contributed by atoms with Crippen LogP contribution in [0.25, 0.3) is 0 Å². The van der Waals surface area contributed by atoms with E-state index in [2.05, 4.69) is 54.1 Å². The fourth-order valence-corrected chi connectivity index (χ4v) is 2.89. The monoisotopic (exact) mass is 266 g/mol. The molecule has 2 aromatic rings. The molecule has 0 unspecified atom stereocenters. The number of hydrogen-bond donors (Lipinski definition) is 0. The molecule has 0 amide bonds. The van der Waals surface area contributed by atoms with Crippen LogP contribution in [0.4, 0.5) is 5.69 Å². The molecule has 2 aliphatic rings. The van der Waals surface area contributed by atoms with Crippen molar-refractivity contribution in [3.63, 3.8) is 0 Å². The zero-order valence-electron chi connectivity index (χ0n) is 11.4. The highest BCUT2D eigenvalue weighted by Gasteiger charge is 2.23. The minimum Gasteiger partial charge on any atom is -0.454 e. The molecule has 0 aliphatic carbocycles. The lowest BCUT2D eigenvalue weighted by Gasteiger charge is -2.13. The number of aryl methyl sites for hydroxylation is 1. The van der Waals surface area contributed by atoms with Gasteiger partial charge in [-0.1, -0.05) is 18.2 Å². The van der Waals surface area contributed by atoms with E-state index in [4.69, 9.17) is 9.47 Å². The number of nitrogens with zero attached hydrogens (tertiary/aromatic N) is 1. The molecule has 0 saturated heterocycles. The summed E-state index contributed by atoms with van der Waals surface area (Å²) in [6, 6.07) is 12.7. The van der Waals surface area contributed by atoms with Crippen LogP contribution in [0.2, 0.25) is 0 Å². The Balaban J connectivity index is 1.80. The van der Waals surface area contributed by atoms with E-state index < -0.39 is 0 Å². The lowest BCUT2D eigenvalue weighted by Crippen LogP contribution is -2.19. The van der Waals surface area contributed by atoms with Gasteiger partial charge in [-0.3, -0.25) is 0 Å². The highest BCUT2D eigenvalue weighted by molar-refractivity contribution is 5.81. The predicted octanol–water partition coefficient (Wildman–Crippen LogP) is 3.04. The smallest absolute Gasteiger partial charge is 0.231 e. The lowest BCUT2D eigenvalue weighted by atomic mass is 10.0. The molecule has 0 aromatic heterocycles. The first-order valence-electron chi connectivity index (χ1n) is 6.91. The normalized spacial score (nSPS) is 15.8. The molecule has 2 heterocycles. The average Bonchev–Trinajstić information content (AvgIpc) is 2.92. The van der Waals surface area contributed by atoms with E-state index in [1.807, 2.05) is 0 Å². The predicted molar refractivity (Wildman–Crippen MR) is 77.4 cm³/mol. The SMILES string of the molecule is Cc1ccccc1[N+]1=Cc2cc3c(cc2CC1)OCO3. The first-order chi connectivity index (χ1) is 9.81. The van der Waals surface area contributed by atoms with Gasteiger partial charge in [-0.25, -0.2) is 0 Å². The van der Waals surface area contributed by atoms with Gasteiger partial charge in [-0.2, -0.15) is 4.58 Å². The van der Waals surface area contributed by atoms with Crippen molar-refractivity contribution in [2.75, 3.05) is 13.3 Å². The van der Waals surface area contributed by atoms with Crippen LogP contribution >= 0.6 is 0 Å². The molecule has 0 bridgehead atoms. The average molecular weight is 266 g/mol. The van der Waals surface area contributed by atoms with E-state index in [-0.39, 0.29) is 0 Å². The molecule has 20 heavy (non-hydrogen) atoms. The first kappa shape index (κ1) is 11.5. The van der Waals surface area contributed by atoms with Crippen molar-refractivity contribution in [2.24, 2.45) is 0 Å². The zero-order valence-corrected chi connectivity index (χ0v) is 11.4. The van der Waals surface area contributed by atoms with Gasteiger partial charge in [0.25, 0.3) is 0 Å².